The number of nitrogens with zero attached hydrogens (tertiary/aromatic N) is 5. The van der Waals surface area contributed by atoms with E-state index in [1.54, 1.807) is 24.3 Å². The average Bonchev–Trinajstić information content (AvgIpc) is 3.24. The van der Waals surface area contributed by atoms with Crippen molar-refractivity contribution in [2.45, 2.75) is 31.8 Å². The van der Waals surface area contributed by atoms with Crippen molar-refractivity contribution in [3.05, 3.63) is 84.0 Å². The van der Waals surface area contributed by atoms with Crippen LogP contribution in [-0.2, 0) is 24.5 Å². The Morgan fingerprint density at radius 3 is 2.69 bits per heavy atom. The van der Waals surface area contributed by atoms with Crippen LogP contribution in [0.2, 0.25) is 0 Å². The van der Waals surface area contributed by atoms with Crippen molar-refractivity contribution in [3.8, 4) is 5.75 Å². The number of carbonyl (C=O) groups excluding carboxylic acids is 1. The normalized spacial score (nSPS) is 14.2. The largest absolute Gasteiger partial charge is 0.483 e. The number of benzene rings is 2. The van der Waals surface area contributed by atoms with Crippen LogP contribution in [0.1, 0.15) is 17.0 Å². The topological polar surface area (TPSA) is 63.5 Å². The predicted octanol–water partition coefficient (Wildman–Crippen LogP) is 3.93. The Bertz CT molecular complexity index is 1160. The second-order valence-corrected chi connectivity index (χ2v) is 9.39. The molecule has 35 heavy (non-hydrogen) atoms. The van der Waals surface area contributed by atoms with E-state index in [4.69, 9.17) is 4.74 Å². The van der Waals surface area contributed by atoms with Gasteiger partial charge in [-0.1, -0.05) is 59.8 Å². The number of amides is 1. The third-order valence-electron chi connectivity index (χ3n) is 5.84. The number of para-hydroxylation sites is 1. The fraction of sp³-hybridized carbons (Fsp3) is 0.346. The average molecular weight is 496 g/mol. The van der Waals surface area contributed by atoms with Gasteiger partial charge in [0, 0.05) is 39.3 Å². The molecule has 0 unspecified atom stereocenters. The molecule has 9 heteroatoms. The molecule has 1 aliphatic heterocycles. The van der Waals surface area contributed by atoms with Crippen LogP contribution in [0.5, 0.6) is 5.75 Å². The maximum Gasteiger partial charge on any atom is 0.233 e. The molecule has 0 atom stereocenters. The number of piperazine rings is 1. The van der Waals surface area contributed by atoms with Crippen molar-refractivity contribution < 1.29 is 13.9 Å². The van der Waals surface area contributed by atoms with Crippen LogP contribution in [0.3, 0.4) is 0 Å². The van der Waals surface area contributed by atoms with Gasteiger partial charge in [-0.15, -0.1) is 16.8 Å². The van der Waals surface area contributed by atoms with Crippen molar-refractivity contribution in [1.82, 2.24) is 24.6 Å². The van der Waals surface area contributed by atoms with Crippen LogP contribution in [-0.4, -0.2) is 62.4 Å². The van der Waals surface area contributed by atoms with Crippen molar-refractivity contribution in [1.29, 1.82) is 0 Å². The molecule has 0 N–H and O–H groups in total. The molecule has 0 aliphatic carbocycles. The lowest BCUT2D eigenvalue weighted by molar-refractivity contribution is -0.130. The molecular weight excluding hydrogens is 465 g/mol. The zero-order valence-corrected chi connectivity index (χ0v) is 20.7. The molecule has 3 aromatic rings. The number of rotatable bonds is 10. The smallest absolute Gasteiger partial charge is 0.233 e. The van der Waals surface area contributed by atoms with E-state index in [1.165, 1.54) is 29.0 Å². The summed E-state index contributed by atoms with van der Waals surface area (Å²) in [6.07, 6.45) is 1.73. The van der Waals surface area contributed by atoms with Crippen LogP contribution in [0.25, 0.3) is 0 Å². The highest BCUT2D eigenvalue weighted by atomic mass is 32.2. The van der Waals surface area contributed by atoms with E-state index in [0.29, 0.717) is 30.6 Å². The summed E-state index contributed by atoms with van der Waals surface area (Å²) in [5.74, 6) is 0.643. The van der Waals surface area contributed by atoms with Gasteiger partial charge in [-0.05, 0) is 24.6 Å². The first-order chi connectivity index (χ1) is 17.0. The number of carbonyl (C=O) groups is 1. The highest BCUT2D eigenvalue weighted by molar-refractivity contribution is 7.99. The maximum absolute atomic E-state index is 13.8. The lowest BCUT2D eigenvalue weighted by atomic mass is 10.1. The molecule has 1 fully saturated rings. The number of ether oxygens (including phenoxy) is 1. The Labute approximate surface area is 209 Å². The number of halogens is 1. The summed E-state index contributed by atoms with van der Waals surface area (Å²) in [5, 5.41) is 9.03. The van der Waals surface area contributed by atoms with Crippen LogP contribution in [0.4, 0.5) is 4.39 Å². The van der Waals surface area contributed by atoms with Gasteiger partial charge >= 0.3 is 0 Å². The van der Waals surface area contributed by atoms with Gasteiger partial charge in [-0.2, -0.15) is 0 Å². The van der Waals surface area contributed by atoms with E-state index < -0.39 is 5.82 Å². The molecule has 2 aromatic carbocycles. The molecule has 4 rings (SSSR count). The number of aromatic nitrogens is 3. The van der Waals surface area contributed by atoms with Crippen molar-refractivity contribution in [2.24, 2.45) is 0 Å². The standard InChI is InChI=1S/C26H30FN5O2S/c1-3-11-32-24(18-34-23-10-5-4-9-22(23)27)28-29-26(32)35-19-25(33)31-14-12-30(13-15-31)17-21-8-6-7-20(2)16-21/h3-10,16H,1,11-15,17-19H2,2H3. The van der Waals surface area contributed by atoms with E-state index in [2.05, 4.69) is 52.9 Å². The first kappa shape index (κ1) is 24.9. The highest BCUT2D eigenvalue weighted by Gasteiger charge is 2.22. The third-order valence-corrected chi connectivity index (χ3v) is 6.79. The fourth-order valence-electron chi connectivity index (χ4n) is 3.99. The maximum atomic E-state index is 13.8. The van der Waals surface area contributed by atoms with Crippen LogP contribution in [0, 0.1) is 12.7 Å². The quantitative estimate of drug-likeness (QED) is 0.314. The van der Waals surface area contributed by atoms with Gasteiger partial charge in [0.05, 0.1) is 5.75 Å². The van der Waals surface area contributed by atoms with E-state index in [1.807, 2.05) is 9.47 Å². The second-order valence-electron chi connectivity index (χ2n) is 8.45. The molecule has 1 amide bonds. The summed E-state index contributed by atoms with van der Waals surface area (Å²) < 4.78 is 21.3. The Morgan fingerprint density at radius 1 is 1.14 bits per heavy atom. The van der Waals surface area contributed by atoms with Gasteiger partial charge in [0.15, 0.2) is 22.5 Å². The molecule has 7 nitrogen and oxygen atoms in total. The van der Waals surface area contributed by atoms with Gasteiger partial charge in [0.2, 0.25) is 5.91 Å². The van der Waals surface area contributed by atoms with E-state index >= 15 is 0 Å². The summed E-state index contributed by atoms with van der Waals surface area (Å²) >= 11 is 1.35. The number of aryl methyl sites for hydroxylation is 1. The van der Waals surface area contributed by atoms with Crippen molar-refractivity contribution >= 4 is 17.7 Å². The van der Waals surface area contributed by atoms with Crippen LogP contribution in [0.15, 0.2) is 66.3 Å². The van der Waals surface area contributed by atoms with Crippen LogP contribution >= 0.6 is 11.8 Å². The van der Waals surface area contributed by atoms with Crippen LogP contribution < -0.4 is 4.74 Å². The van der Waals surface area contributed by atoms with Gasteiger partial charge in [0.1, 0.15) is 6.61 Å². The Kier molecular flexibility index (Phi) is 8.54. The van der Waals surface area contributed by atoms with E-state index in [0.717, 1.165) is 19.6 Å². The van der Waals surface area contributed by atoms with Crippen molar-refractivity contribution in [2.75, 3.05) is 31.9 Å². The predicted molar refractivity (Wildman–Crippen MR) is 135 cm³/mol. The number of hydrogen-bond acceptors (Lipinski definition) is 6. The minimum atomic E-state index is -0.429. The summed E-state index contributed by atoms with van der Waals surface area (Å²) in [6.45, 7) is 10.5. The van der Waals surface area contributed by atoms with Crippen molar-refractivity contribution in [3.63, 3.8) is 0 Å². The Balaban J connectivity index is 1.28. The minimum Gasteiger partial charge on any atom is -0.483 e. The summed E-state index contributed by atoms with van der Waals surface area (Å²) in [7, 11) is 0. The monoisotopic (exact) mass is 495 g/mol. The molecule has 1 aliphatic rings. The van der Waals surface area contributed by atoms with E-state index in [9.17, 15) is 9.18 Å². The molecule has 1 saturated heterocycles. The second kappa shape index (κ2) is 12.0. The first-order valence-electron chi connectivity index (χ1n) is 11.6. The summed E-state index contributed by atoms with van der Waals surface area (Å²) in [5.41, 5.74) is 2.57. The number of thioether (sulfide) groups is 1. The highest BCUT2D eigenvalue weighted by Crippen LogP contribution is 2.21. The molecule has 2 heterocycles. The minimum absolute atomic E-state index is 0.0686. The van der Waals surface area contributed by atoms with Gasteiger partial charge in [-0.3, -0.25) is 14.3 Å². The fourth-order valence-corrected chi connectivity index (χ4v) is 4.86. The lowest BCUT2D eigenvalue weighted by Crippen LogP contribution is -2.48. The SMILES string of the molecule is C=CCn1c(COc2ccccc2F)nnc1SCC(=O)N1CCN(Cc2cccc(C)c2)CC1. The van der Waals surface area contributed by atoms with Gasteiger partial charge in [0.25, 0.3) is 0 Å². The molecule has 0 radical (unpaired) electrons. The molecule has 1 aromatic heterocycles. The molecule has 0 spiro atoms. The first-order valence-corrected chi connectivity index (χ1v) is 12.6. The Hall–Kier alpha value is -3.17. The molecule has 184 valence electrons. The number of hydrogen-bond donors (Lipinski definition) is 0. The van der Waals surface area contributed by atoms with E-state index in [-0.39, 0.29) is 24.0 Å². The summed E-state index contributed by atoms with van der Waals surface area (Å²) in [4.78, 5) is 17.1. The Morgan fingerprint density at radius 2 is 1.94 bits per heavy atom. The number of allylic oxidation sites excluding steroid dienone is 1. The molecule has 0 saturated carbocycles. The zero-order valence-electron chi connectivity index (χ0n) is 19.9. The van der Waals surface area contributed by atoms with Gasteiger partial charge in [-0.25, -0.2) is 4.39 Å². The molecule has 0 bridgehead atoms. The zero-order chi connectivity index (χ0) is 24.6. The third kappa shape index (κ3) is 6.70. The molecular formula is C26H30FN5O2S. The summed E-state index contributed by atoms with van der Waals surface area (Å²) in [6, 6.07) is 14.8. The lowest BCUT2D eigenvalue weighted by Gasteiger charge is -2.34. The van der Waals surface area contributed by atoms with Gasteiger partial charge < -0.3 is 9.64 Å².